The van der Waals surface area contributed by atoms with Crippen LogP contribution in [0.1, 0.15) is 38.9 Å². The maximum Gasteiger partial charge on any atom is 0.191 e. The van der Waals surface area contributed by atoms with Crippen molar-refractivity contribution in [3.63, 3.8) is 0 Å². The van der Waals surface area contributed by atoms with Crippen LogP contribution in [0.25, 0.3) is 0 Å². The van der Waals surface area contributed by atoms with Crippen LogP contribution >= 0.6 is 11.8 Å². The van der Waals surface area contributed by atoms with E-state index in [2.05, 4.69) is 17.1 Å². The van der Waals surface area contributed by atoms with Gasteiger partial charge in [-0.1, -0.05) is 25.6 Å². The van der Waals surface area contributed by atoms with E-state index in [0.29, 0.717) is 18.7 Å². The Hall–Kier alpha value is -0.880. The summed E-state index contributed by atoms with van der Waals surface area (Å²) in [6, 6.07) is 0. The number of rotatable bonds is 8. The van der Waals surface area contributed by atoms with Gasteiger partial charge in [-0.2, -0.15) is 0 Å². The van der Waals surface area contributed by atoms with Gasteiger partial charge in [0.25, 0.3) is 0 Å². The van der Waals surface area contributed by atoms with Gasteiger partial charge in [-0.15, -0.1) is 10.2 Å². The highest BCUT2D eigenvalue weighted by Crippen LogP contribution is 2.18. The Balaban J connectivity index is 2.57. The van der Waals surface area contributed by atoms with E-state index in [1.54, 1.807) is 0 Å². The molecule has 5 nitrogen and oxygen atoms in total. The first kappa shape index (κ1) is 14.2. The lowest BCUT2D eigenvalue weighted by molar-refractivity contribution is -0.118. The Morgan fingerprint density at radius 1 is 1.41 bits per heavy atom. The van der Waals surface area contributed by atoms with Gasteiger partial charge in [0.05, 0.1) is 0 Å². The molecule has 0 saturated heterocycles. The lowest BCUT2D eigenvalue weighted by Crippen LogP contribution is -2.05. The molecule has 0 aliphatic heterocycles. The topological polar surface area (TPSA) is 68.0 Å². The average Bonchev–Trinajstić information content (AvgIpc) is 2.72. The summed E-state index contributed by atoms with van der Waals surface area (Å²) in [5.74, 6) is 1.58. The van der Waals surface area contributed by atoms with Gasteiger partial charge in [-0.05, 0) is 6.42 Å². The van der Waals surface area contributed by atoms with E-state index in [0.717, 1.165) is 23.9 Å². The maximum absolute atomic E-state index is 11.2. The number of carbonyl (C=O) groups is 1. The van der Waals surface area contributed by atoms with Crippen molar-refractivity contribution in [2.24, 2.45) is 0 Å². The number of ketones is 1. The third kappa shape index (κ3) is 4.12. The Morgan fingerprint density at radius 3 is 2.76 bits per heavy atom. The van der Waals surface area contributed by atoms with E-state index < -0.39 is 0 Å². The summed E-state index contributed by atoms with van der Waals surface area (Å²) in [5.41, 5.74) is 0. The normalized spacial score (nSPS) is 10.8. The van der Waals surface area contributed by atoms with Crippen molar-refractivity contribution < 1.29 is 9.90 Å². The van der Waals surface area contributed by atoms with Crippen LogP contribution in [0.3, 0.4) is 0 Å². The predicted octanol–water partition coefficient (Wildman–Crippen LogP) is 1.64. The van der Waals surface area contributed by atoms with E-state index >= 15 is 0 Å². The molecule has 1 N–H and O–H groups in total. The van der Waals surface area contributed by atoms with Crippen molar-refractivity contribution in [2.75, 3.05) is 5.75 Å². The molecule has 0 aliphatic rings. The number of hydrogen-bond donors (Lipinski definition) is 1. The van der Waals surface area contributed by atoms with Crippen LogP contribution in [0.4, 0.5) is 0 Å². The minimum absolute atomic E-state index is 0.0958. The molecule has 1 rings (SSSR count). The Morgan fingerprint density at radius 2 is 2.18 bits per heavy atom. The summed E-state index contributed by atoms with van der Waals surface area (Å²) in [5, 5.41) is 17.9. The molecule has 0 amide bonds. The summed E-state index contributed by atoms with van der Waals surface area (Å²) in [7, 11) is 0. The predicted molar refractivity (Wildman–Crippen MR) is 66.9 cm³/mol. The fraction of sp³-hybridized carbons (Fsp3) is 0.727. The number of hydrogen-bond acceptors (Lipinski definition) is 5. The fourth-order valence-corrected chi connectivity index (χ4v) is 2.39. The van der Waals surface area contributed by atoms with E-state index in [1.807, 2.05) is 11.5 Å². The molecule has 0 spiro atoms. The zero-order valence-electron chi connectivity index (χ0n) is 10.3. The molecular formula is C11H19N3O2S. The zero-order valence-corrected chi connectivity index (χ0v) is 11.2. The molecule has 0 aromatic carbocycles. The summed E-state index contributed by atoms with van der Waals surface area (Å²) in [6.07, 6.45) is 2.12. The monoisotopic (exact) mass is 257 g/mol. The number of aromatic nitrogens is 3. The molecule has 1 aromatic rings. The second-order valence-corrected chi connectivity index (χ2v) is 4.76. The number of aliphatic hydroxyl groups excluding tert-OH is 1. The standard InChI is InChI=1S/C11H19N3O2S/c1-3-6-14-10(8-15)12-13-11(14)17-7-5-9(16)4-2/h15H,3-8H2,1-2H3. The highest BCUT2D eigenvalue weighted by atomic mass is 32.2. The van der Waals surface area contributed by atoms with Gasteiger partial charge in [-0.3, -0.25) is 4.79 Å². The second-order valence-electron chi connectivity index (χ2n) is 3.70. The van der Waals surface area contributed by atoms with Crippen LogP contribution < -0.4 is 0 Å². The molecule has 0 fully saturated rings. The van der Waals surface area contributed by atoms with Crippen LogP contribution in [0.2, 0.25) is 0 Å². The first-order valence-corrected chi connectivity index (χ1v) is 6.88. The quantitative estimate of drug-likeness (QED) is 0.717. The molecule has 1 aromatic heterocycles. The minimum Gasteiger partial charge on any atom is -0.388 e. The van der Waals surface area contributed by atoms with Crippen molar-refractivity contribution >= 4 is 17.5 Å². The van der Waals surface area contributed by atoms with Gasteiger partial charge in [0, 0.05) is 25.1 Å². The number of nitrogens with zero attached hydrogens (tertiary/aromatic N) is 3. The fourth-order valence-electron chi connectivity index (χ4n) is 1.42. The number of carbonyl (C=O) groups excluding carboxylic acids is 1. The molecule has 0 radical (unpaired) electrons. The second kappa shape index (κ2) is 7.45. The molecule has 0 atom stereocenters. The lowest BCUT2D eigenvalue weighted by atomic mass is 10.2. The SMILES string of the molecule is CCCn1c(CO)nnc1SCCC(=O)CC. The summed E-state index contributed by atoms with van der Waals surface area (Å²) in [4.78, 5) is 11.2. The highest BCUT2D eigenvalue weighted by Gasteiger charge is 2.11. The molecular weight excluding hydrogens is 238 g/mol. The largest absolute Gasteiger partial charge is 0.388 e. The van der Waals surface area contributed by atoms with E-state index in [-0.39, 0.29) is 12.4 Å². The van der Waals surface area contributed by atoms with Crippen molar-refractivity contribution in [3.8, 4) is 0 Å². The van der Waals surface area contributed by atoms with Crippen molar-refractivity contribution in [3.05, 3.63) is 5.82 Å². The van der Waals surface area contributed by atoms with Crippen LogP contribution in [-0.4, -0.2) is 31.4 Å². The Bertz CT molecular complexity index is 366. The van der Waals surface area contributed by atoms with E-state index in [9.17, 15) is 4.79 Å². The average molecular weight is 257 g/mol. The number of aliphatic hydroxyl groups is 1. The molecule has 0 saturated carbocycles. The van der Waals surface area contributed by atoms with Crippen molar-refractivity contribution in [2.45, 2.75) is 51.4 Å². The highest BCUT2D eigenvalue weighted by molar-refractivity contribution is 7.99. The lowest BCUT2D eigenvalue weighted by Gasteiger charge is -2.06. The third-order valence-electron chi connectivity index (χ3n) is 2.39. The summed E-state index contributed by atoms with van der Waals surface area (Å²) >= 11 is 1.52. The van der Waals surface area contributed by atoms with Gasteiger partial charge in [0.15, 0.2) is 11.0 Å². The molecule has 0 bridgehead atoms. The van der Waals surface area contributed by atoms with Crippen LogP contribution in [0.15, 0.2) is 5.16 Å². The smallest absolute Gasteiger partial charge is 0.191 e. The van der Waals surface area contributed by atoms with Gasteiger partial charge in [-0.25, -0.2) is 0 Å². The zero-order chi connectivity index (χ0) is 12.7. The maximum atomic E-state index is 11.2. The van der Waals surface area contributed by atoms with Gasteiger partial charge >= 0.3 is 0 Å². The number of thioether (sulfide) groups is 1. The summed E-state index contributed by atoms with van der Waals surface area (Å²) in [6.45, 7) is 4.64. The van der Waals surface area contributed by atoms with Crippen LogP contribution in [0, 0.1) is 0 Å². The van der Waals surface area contributed by atoms with Gasteiger partial charge in [0.2, 0.25) is 0 Å². The first-order valence-electron chi connectivity index (χ1n) is 5.90. The molecule has 17 heavy (non-hydrogen) atoms. The minimum atomic E-state index is -0.0958. The molecule has 0 aliphatic carbocycles. The van der Waals surface area contributed by atoms with Crippen LogP contribution in [0.5, 0.6) is 0 Å². The Kier molecular flexibility index (Phi) is 6.21. The summed E-state index contributed by atoms with van der Waals surface area (Å²) < 4.78 is 1.92. The molecule has 1 heterocycles. The Labute approximate surface area is 106 Å². The molecule has 0 unspecified atom stereocenters. The third-order valence-corrected chi connectivity index (χ3v) is 3.36. The molecule has 96 valence electrons. The van der Waals surface area contributed by atoms with Gasteiger partial charge < -0.3 is 9.67 Å². The van der Waals surface area contributed by atoms with Crippen LogP contribution in [-0.2, 0) is 17.9 Å². The van der Waals surface area contributed by atoms with Crippen molar-refractivity contribution in [1.29, 1.82) is 0 Å². The van der Waals surface area contributed by atoms with Crippen molar-refractivity contribution in [1.82, 2.24) is 14.8 Å². The molecule has 6 heteroatoms. The van der Waals surface area contributed by atoms with E-state index in [4.69, 9.17) is 5.11 Å². The first-order chi connectivity index (χ1) is 8.22. The number of Topliss-reactive ketones (excluding diaryl/α,β-unsaturated/α-hetero) is 1. The van der Waals surface area contributed by atoms with E-state index in [1.165, 1.54) is 11.8 Å². The van der Waals surface area contributed by atoms with Gasteiger partial charge in [0.1, 0.15) is 12.4 Å².